The molecule has 0 fully saturated rings. The van der Waals surface area contributed by atoms with Crippen LogP contribution in [0.3, 0.4) is 0 Å². The first kappa shape index (κ1) is 24.1. The minimum absolute atomic E-state index is 0.285. The molecular weight excluding hydrogens is 522 g/mol. The van der Waals surface area contributed by atoms with Gasteiger partial charge in [-0.25, -0.2) is 4.98 Å². The normalized spacial score (nSPS) is 14.8. The molecule has 202 valence electrons. The summed E-state index contributed by atoms with van der Waals surface area (Å²) in [6.45, 7) is 0. The second-order valence-corrected chi connectivity index (χ2v) is 11.4. The number of aromatic nitrogens is 2. The standard InChI is InChI=1S/C40H27N3/c1-2-10-30(11-3-1)43-38-17-9-8-16-37(38)42-40(43)27-20-18-26(19-21-27)28-22-23-29-25-35-32-13-6-7-15-36(32)41-39(35)33-14-5-4-12-31(33)34(29)24-28/h1-24,35H,25H2. The van der Waals surface area contributed by atoms with Crippen LogP contribution in [0.25, 0.3) is 50.4 Å². The molecule has 0 bridgehead atoms. The van der Waals surface area contributed by atoms with Crippen molar-refractivity contribution in [2.75, 3.05) is 0 Å². The van der Waals surface area contributed by atoms with Crippen LogP contribution in [0.1, 0.15) is 22.6 Å². The van der Waals surface area contributed by atoms with Gasteiger partial charge in [0, 0.05) is 22.7 Å². The molecule has 1 aliphatic heterocycles. The van der Waals surface area contributed by atoms with Gasteiger partial charge in [-0.2, -0.15) is 0 Å². The molecule has 3 heteroatoms. The van der Waals surface area contributed by atoms with E-state index >= 15 is 0 Å². The molecule has 0 N–H and O–H groups in total. The van der Waals surface area contributed by atoms with Crippen molar-refractivity contribution in [1.82, 2.24) is 9.55 Å². The maximum Gasteiger partial charge on any atom is 0.145 e. The Labute approximate surface area is 250 Å². The first-order valence-electron chi connectivity index (χ1n) is 14.9. The van der Waals surface area contributed by atoms with Crippen LogP contribution >= 0.6 is 0 Å². The van der Waals surface area contributed by atoms with Gasteiger partial charge in [-0.1, -0.05) is 109 Å². The van der Waals surface area contributed by atoms with Gasteiger partial charge < -0.3 is 0 Å². The van der Waals surface area contributed by atoms with Gasteiger partial charge in [-0.05, 0) is 76.2 Å². The third-order valence-electron chi connectivity index (χ3n) is 8.96. The lowest BCUT2D eigenvalue weighted by molar-refractivity contribution is 0.905. The summed E-state index contributed by atoms with van der Waals surface area (Å²) in [5.41, 5.74) is 15.5. The van der Waals surface area contributed by atoms with Crippen LogP contribution in [0.4, 0.5) is 5.69 Å². The van der Waals surface area contributed by atoms with Crippen molar-refractivity contribution >= 4 is 22.4 Å². The summed E-state index contributed by atoms with van der Waals surface area (Å²) in [5, 5.41) is 0. The molecule has 6 aromatic carbocycles. The van der Waals surface area contributed by atoms with E-state index in [1.54, 1.807) is 0 Å². The van der Waals surface area contributed by atoms with Gasteiger partial charge in [-0.15, -0.1) is 0 Å². The van der Waals surface area contributed by atoms with E-state index in [1.807, 2.05) is 6.07 Å². The minimum atomic E-state index is 0.285. The third-order valence-corrected chi connectivity index (χ3v) is 8.96. The predicted octanol–water partition coefficient (Wildman–Crippen LogP) is 9.80. The number of rotatable bonds is 3. The van der Waals surface area contributed by atoms with E-state index in [2.05, 4.69) is 144 Å². The van der Waals surface area contributed by atoms with Crippen molar-refractivity contribution in [3.63, 3.8) is 0 Å². The number of benzene rings is 6. The van der Waals surface area contributed by atoms with E-state index in [0.29, 0.717) is 0 Å². The summed E-state index contributed by atoms with van der Waals surface area (Å²) in [6, 6.07) is 52.0. The van der Waals surface area contributed by atoms with Crippen molar-refractivity contribution in [2.45, 2.75) is 12.3 Å². The van der Waals surface area contributed by atoms with E-state index in [-0.39, 0.29) is 5.92 Å². The quantitative estimate of drug-likeness (QED) is 0.216. The largest absolute Gasteiger partial charge is 0.292 e. The molecule has 3 nitrogen and oxygen atoms in total. The van der Waals surface area contributed by atoms with E-state index in [1.165, 1.54) is 44.7 Å². The van der Waals surface area contributed by atoms with Crippen molar-refractivity contribution in [2.24, 2.45) is 4.99 Å². The molecule has 0 radical (unpaired) electrons. The van der Waals surface area contributed by atoms with Gasteiger partial charge in [0.2, 0.25) is 0 Å². The van der Waals surface area contributed by atoms with E-state index < -0.39 is 0 Å². The average Bonchev–Trinajstić information content (AvgIpc) is 3.61. The molecule has 2 aliphatic rings. The van der Waals surface area contributed by atoms with E-state index in [4.69, 9.17) is 9.98 Å². The molecule has 9 rings (SSSR count). The van der Waals surface area contributed by atoms with Gasteiger partial charge in [0.05, 0.1) is 22.4 Å². The summed E-state index contributed by atoms with van der Waals surface area (Å²) in [4.78, 5) is 10.2. The molecule has 0 spiro atoms. The number of nitrogens with zero attached hydrogens (tertiary/aromatic N) is 3. The Kier molecular flexibility index (Phi) is 5.32. The fraction of sp³-hybridized carbons (Fsp3) is 0.0500. The topological polar surface area (TPSA) is 30.2 Å². The Hall–Kier alpha value is -5.54. The molecule has 0 saturated heterocycles. The summed E-state index contributed by atoms with van der Waals surface area (Å²) in [6.07, 6.45) is 0.953. The van der Waals surface area contributed by atoms with Crippen LogP contribution in [-0.4, -0.2) is 15.3 Å². The number of hydrogen-bond acceptors (Lipinski definition) is 2. The van der Waals surface area contributed by atoms with Gasteiger partial charge in [0.1, 0.15) is 5.82 Å². The first-order valence-corrected chi connectivity index (χ1v) is 14.9. The van der Waals surface area contributed by atoms with E-state index in [0.717, 1.165) is 40.2 Å². The number of hydrogen-bond donors (Lipinski definition) is 0. The Morgan fingerprint density at radius 2 is 1.26 bits per heavy atom. The number of imidazole rings is 1. The molecule has 0 saturated carbocycles. The molecule has 2 heterocycles. The number of para-hydroxylation sites is 4. The second kappa shape index (κ2) is 9.50. The van der Waals surface area contributed by atoms with Gasteiger partial charge in [0.25, 0.3) is 0 Å². The SMILES string of the molecule is c1ccc(-n2c(-c3ccc(-c4ccc5c(c4)-c4ccccc4C4=Nc6ccccc6C4C5)cc3)nc3ccccc32)cc1. The Morgan fingerprint density at radius 1 is 0.558 bits per heavy atom. The summed E-state index contributed by atoms with van der Waals surface area (Å²) >= 11 is 0. The fourth-order valence-corrected chi connectivity index (χ4v) is 6.91. The average molecular weight is 550 g/mol. The van der Waals surface area contributed by atoms with Gasteiger partial charge >= 0.3 is 0 Å². The zero-order valence-corrected chi connectivity index (χ0v) is 23.5. The van der Waals surface area contributed by atoms with Crippen molar-refractivity contribution in [3.05, 3.63) is 162 Å². The molecule has 1 aliphatic carbocycles. The highest BCUT2D eigenvalue weighted by atomic mass is 15.1. The lowest BCUT2D eigenvalue weighted by Gasteiger charge is -2.14. The zero-order valence-electron chi connectivity index (χ0n) is 23.5. The molecule has 43 heavy (non-hydrogen) atoms. The zero-order chi connectivity index (χ0) is 28.3. The van der Waals surface area contributed by atoms with Crippen molar-refractivity contribution in [1.29, 1.82) is 0 Å². The van der Waals surface area contributed by atoms with Crippen LogP contribution < -0.4 is 0 Å². The lowest BCUT2D eigenvalue weighted by atomic mass is 9.88. The first-order chi connectivity index (χ1) is 21.3. The van der Waals surface area contributed by atoms with Gasteiger partial charge in [-0.3, -0.25) is 9.56 Å². The number of aliphatic imine (C=N–C) groups is 1. The maximum absolute atomic E-state index is 5.13. The molecule has 1 unspecified atom stereocenters. The highest BCUT2D eigenvalue weighted by molar-refractivity contribution is 6.14. The van der Waals surface area contributed by atoms with Crippen molar-refractivity contribution < 1.29 is 0 Å². The smallest absolute Gasteiger partial charge is 0.145 e. The summed E-state index contributed by atoms with van der Waals surface area (Å²) < 4.78 is 2.25. The molecule has 1 atom stereocenters. The molecule has 7 aromatic rings. The van der Waals surface area contributed by atoms with Gasteiger partial charge in [0.15, 0.2) is 0 Å². The van der Waals surface area contributed by atoms with Crippen LogP contribution in [0.5, 0.6) is 0 Å². The highest BCUT2D eigenvalue weighted by Crippen LogP contribution is 2.46. The third kappa shape index (κ3) is 3.82. The van der Waals surface area contributed by atoms with Crippen LogP contribution in [0, 0.1) is 0 Å². The van der Waals surface area contributed by atoms with E-state index in [9.17, 15) is 0 Å². The summed E-state index contributed by atoms with van der Waals surface area (Å²) in [7, 11) is 0. The Balaban J connectivity index is 1.13. The second-order valence-electron chi connectivity index (χ2n) is 11.4. The highest BCUT2D eigenvalue weighted by Gasteiger charge is 2.33. The van der Waals surface area contributed by atoms with Crippen LogP contribution in [-0.2, 0) is 6.42 Å². The molecule has 0 amide bonds. The predicted molar refractivity (Wildman–Crippen MR) is 176 cm³/mol. The van der Waals surface area contributed by atoms with Crippen molar-refractivity contribution in [3.8, 4) is 39.3 Å². The lowest BCUT2D eigenvalue weighted by Crippen LogP contribution is -2.11. The van der Waals surface area contributed by atoms with Crippen LogP contribution in [0.15, 0.2) is 151 Å². The van der Waals surface area contributed by atoms with Crippen LogP contribution in [0.2, 0.25) is 0 Å². The summed E-state index contributed by atoms with van der Waals surface area (Å²) in [5.74, 6) is 1.23. The monoisotopic (exact) mass is 549 g/mol. The fourth-order valence-electron chi connectivity index (χ4n) is 6.91. The molecular formula is C40H27N3. The Morgan fingerprint density at radius 3 is 2.14 bits per heavy atom. The Bertz CT molecular complexity index is 2200. The molecule has 1 aromatic heterocycles. The minimum Gasteiger partial charge on any atom is -0.292 e. The maximum atomic E-state index is 5.13. The number of fused-ring (bicyclic) bond motifs is 8.